The first-order chi connectivity index (χ1) is 9.54. The molecule has 1 N–H and O–H groups in total. The Kier molecular flexibility index (Phi) is 4.00. The molecule has 0 amide bonds. The number of thioether (sulfide) groups is 1. The summed E-state index contributed by atoms with van der Waals surface area (Å²) in [6.45, 7) is 0. The average molecular weight is 301 g/mol. The van der Waals surface area contributed by atoms with E-state index < -0.39 is 12.1 Å². The number of alkyl halides is 3. The Balaban J connectivity index is 1.64. The van der Waals surface area contributed by atoms with Crippen molar-refractivity contribution in [1.82, 2.24) is 5.32 Å². The fourth-order valence-electron chi connectivity index (χ4n) is 3.22. The topological polar surface area (TPSA) is 12.0 Å². The highest BCUT2D eigenvalue weighted by molar-refractivity contribution is 7.99. The Hall–Kier alpha value is -0.680. The normalized spacial score (nSPS) is 30.2. The van der Waals surface area contributed by atoms with Crippen LogP contribution >= 0.6 is 11.8 Å². The predicted molar refractivity (Wildman–Crippen MR) is 74.8 cm³/mol. The molecule has 110 valence electrons. The molecule has 1 aliphatic carbocycles. The number of fused-ring (bicyclic) bond motifs is 1. The Morgan fingerprint density at radius 3 is 2.75 bits per heavy atom. The van der Waals surface area contributed by atoms with Gasteiger partial charge in [-0.05, 0) is 30.9 Å². The Labute approximate surface area is 121 Å². The maximum Gasteiger partial charge on any atom is 0.391 e. The van der Waals surface area contributed by atoms with Crippen molar-refractivity contribution in [3.05, 3.63) is 29.8 Å². The largest absolute Gasteiger partial charge is 0.391 e. The second-order valence-corrected chi connectivity index (χ2v) is 6.73. The van der Waals surface area contributed by atoms with Crippen LogP contribution in [0.2, 0.25) is 0 Å². The maximum atomic E-state index is 12.8. The predicted octanol–water partition coefficient (Wildman–Crippen LogP) is 4.54. The van der Waals surface area contributed by atoms with Crippen molar-refractivity contribution in [2.45, 2.75) is 48.8 Å². The molecule has 2 aliphatic rings. The molecule has 3 atom stereocenters. The average Bonchev–Trinajstić information content (AvgIpc) is 2.82. The van der Waals surface area contributed by atoms with Crippen LogP contribution < -0.4 is 5.32 Å². The van der Waals surface area contributed by atoms with Crippen molar-refractivity contribution < 1.29 is 13.2 Å². The monoisotopic (exact) mass is 301 g/mol. The number of nitrogens with one attached hydrogen (secondary N) is 1. The number of hydrogen-bond acceptors (Lipinski definition) is 2. The van der Waals surface area contributed by atoms with Crippen molar-refractivity contribution in [2.24, 2.45) is 5.92 Å². The van der Waals surface area contributed by atoms with E-state index in [1.807, 2.05) is 12.1 Å². The van der Waals surface area contributed by atoms with Crippen LogP contribution in [-0.4, -0.2) is 18.0 Å². The van der Waals surface area contributed by atoms with E-state index in [9.17, 15) is 13.2 Å². The molecule has 3 unspecified atom stereocenters. The summed E-state index contributed by atoms with van der Waals surface area (Å²) in [4.78, 5) is 1.26. The molecule has 1 aromatic rings. The molecule has 1 saturated carbocycles. The summed E-state index contributed by atoms with van der Waals surface area (Å²) in [5, 5.41) is 3.46. The highest BCUT2D eigenvalue weighted by Crippen LogP contribution is 2.41. The lowest BCUT2D eigenvalue weighted by Gasteiger charge is -2.33. The minimum atomic E-state index is -4.04. The second-order valence-electron chi connectivity index (χ2n) is 5.67. The van der Waals surface area contributed by atoms with Gasteiger partial charge in [-0.15, -0.1) is 11.8 Å². The first kappa shape index (κ1) is 14.3. The van der Waals surface area contributed by atoms with Gasteiger partial charge >= 0.3 is 6.18 Å². The summed E-state index contributed by atoms with van der Waals surface area (Å²) in [5.41, 5.74) is 1.24. The van der Waals surface area contributed by atoms with Gasteiger partial charge in [0.1, 0.15) is 0 Å². The molecule has 1 aliphatic heterocycles. The van der Waals surface area contributed by atoms with Crippen LogP contribution in [0.15, 0.2) is 29.2 Å². The van der Waals surface area contributed by atoms with Crippen molar-refractivity contribution >= 4 is 11.8 Å². The molecule has 0 saturated heterocycles. The summed E-state index contributed by atoms with van der Waals surface area (Å²) in [5.74, 6) is -0.204. The Morgan fingerprint density at radius 1 is 1.15 bits per heavy atom. The van der Waals surface area contributed by atoms with Gasteiger partial charge in [0, 0.05) is 22.7 Å². The van der Waals surface area contributed by atoms with E-state index in [1.165, 1.54) is 10.5 Å². The van der Waals surface area contributed by atoms with Crippen LogP contribution in [0.5, 0.6) is 0 Å². The maximum absolute atomic E-state index is 12.8. The molecule has 1 aromatic carbocycles. The van der Waals surface area contributed by atoms with E-state index in [4.69, 9.17) is 0 Å². The lowest BCUT2D eigenvalue weighted by molar-refractivity contribution is -0.183. The van der Waals surface area contributed by atoms with Gasteiger partial charge < -0.3 is 5.32 Å². The quantitative estimate of drug-likeness (QED) is 0.860. The fraction of sp³-hybridized carbons (Fsp3) is 0.600. The van der Waals surface area contributed by atoms with Gasteiger partial charge in [0.05, 0.1) is 5.92 Å². The zero-order chi connectivity index (χ0) is 14.2. The Bertz CT molecular complexity index is 474. The van der Waals surface area contributed by atoms with Crippen LogP contribution in [-0.2, 0) is 0 Å². The third-order valence-electron chi connectivity index (χ3n) is 4.27. The highest BCUT2D eigenvalue weighted by atomic mass is 32.2. The van der Waals surface area contributed by atoms with Gasteiger partial charge in [-0.1, -0.05) is 24.6 Å². The minimum Gasteiger partial charge on any atom is -0.306 e. The van der Waals surface area contributed by atoms with Crippen molar-refractivity contribution in [3.8, 4) is 0 Å². The molecule has 3 rings (SSSR count). The molecule has 5 heteroatoms. The molecular formula is C15H18F3NS. The van der Waals surface area contributed by atoms with Crippen molar-refractivity contribution in [3.63, 3.8) is 0 Å². The van der Waals surface area contributed by atoms with Gasteiger partial charge in [0.2, 0.25) is 0 Å². The molecular weight excluding hydrogens is 283 g/mol. The Morgan fingerprint density at radius 2 is 1.95 bits per heavy atom. The van der Waals surface area contributed by atoms with Gasteiger partial charge in [-0.2, -0.15) is 13.2 Å². The van der Waals surface area contributed by atoms with E-state index in [1.54, 1.807) is 11.8 Å². The summed E-state index contributed by atoms with van der Waals surface area (Å²) in [7, 11) is 0. The van der Waals surface area contributed by atoms with Gasteiger partial charge in [0.15, 0.2) is 0 Å². The summed E-state index contributed by atoms with van der Waals surface area (Å²) in [6, 6.07) is 8.37. The molecule has 0 radical (unpaired) electrons. The SMILES string of the molecule is FC(F)(F)C1CCCC(NC2CSc3ccccc32)C1. The van der Waals surface area contributed by atoms with Crippen LogP contribution in [0.1, 0.15) is 37.3 Å². The molecule has 20 heavy (non-hydrogen) atoms. The molecule has 0 spiro atoms. The smallest absolute Gasteiger partial charge is 0.306 e. The molecule has 0 bridgehead atoms. The van der Waals surface area contributed by atoms with Crippen LogP contribution in [0.3, 0.4) is 0 Å². The van der Waals surface area contributed by atoms with Crippen LogP contribution in [0, 0.1) is 5.92 Å². The number of benzene rings is 1. The molecule has 1 fully saturated rings. The van der Waals surface area contributed by atoms with Crippen LogP contribution in [0.25, 0.3) is 0 Å². The van der Waals surface area contributed by atoms with E-state index >= 15 is 0 Å². The number of hydrogen-bond donors (Lipinski definition) is 1. The zero-order valence-electron chi connectivity index (χ0n) is 11.1. The summed E-state index contributed by atoms with van der Waals surface area (Å²) < 4.78 is 38.5. The molecule has 1 nitrogen and oxygen atoms in total. The van der Waals surface area contributed by atoms with Gasteiger partial charge in [-0.25, -0.2) is 0 Å². The zero-order valence-corrected chi connectivity index (χ0v) is 11.9. The van der Waals surface area contributed by atoms with Gasteiger partial charge in [-0.3, -0.25) is 0 Å². The van der Waals surface area contributed by atoms with Crippen molar-refractivity contribution in [1.29, 1.82) is 0 Å². The van der Waals surface area contributed by atoms with E-state index in [2.05, 4.69) is 17.4 Å². The van der Waals surface area contributed by atoms with Crippen molar-refractivity contribution in [2.75, 3.05) is 5.75 Å². The molecule has 1 heterocycles. The third kappa shape index (κ3) is 2.98. The lowest BCUT2D eigenvalue weighted by Crippen LogP contribution is -2.40. The fourth-order valence-corrected chi connectivity index (χ4v) is 4.40. The first-order valence-corrected chi connectivity index (χ1v) is 8.07. The highest BCUT2D eigenvalue weighted by Gasteiger charge is 2.42. The summed E-state index contributed by atoms with van der Waals surface area (Å²) >= 11 is 1.79. The van der Waals surface area contributed by atoms with Crippen LogP contribution in [0.4, 0.5) is 13.2 Å². The van der Waals surface area contributed by atoms with E-state index in [-0.39, 0.29) is 24.9 Å². The van der Waals surface area contributed by atoms with E-state index in [0.717, 1.165) is 12.2 Å². The standard InChI is InChI=1S/C15H18F3NS/c16-15(17,18)10-4-3-5-11(8-10)19-13-9-20-14-7-2-1-6-12(13)14/h1-2,6-7,10-11,13,19H,3-5,8-9H2. The number of rotatable bonds is 2. The van der Waals surface area contributed by atoms with Gasteiger partial charge in [0.25, 0.3) is 0 Å². The first-order valence-electron chi connectivity index (χ1n) is 7.08. The molecule has 0 aromatic heterocycles. The minimum absolute atomic E-state index is 0.00729. The lowest BCUT2D eigenvalue weighted by atomic mass is 9.85. The summed E-state index contributed by atoms with van der Waals surface area (Å²) in [6.07, 6.45) is -1.99. The number of halogens is 3. The van der Waals surface area contributed by atoms with E-state index in [0.29, 0.717) is 6.42 Å². The second kappa shape index (κ2) is 5.60. The third-order valence-corrected chi connectivity index (χ3v) is 5.46.